The van der Waals surface area contributed by atoms with Gasteiger partial charge in [0.05, 0.1) is 0 Å². The van der Waals surface area contributed by atoms with E-state index in [1.807, 2.05) is 43.5 Å². The highest BCUT2D eigenvalue weighted by Gasteiger charge is 1.99. The predicted octanol–water partition coefficient (Wildman–Crippen LogP) is 3.04. The van der Waals surface area contributed by atoms with E-state index in [1.54, 1.807) is 7.11 Å². The number of benzene rings is 1. The molecule has 3 nitrogen and oxygen atoms in total. The zero-order valence-electron chi connectivity index (χ0n) is 10.0. The fourth-order valence-electron chi connectivity index (χ4n) is 1.60. The van der Waals surface area contributed by atoms with Gasteiger partial charge in [-0.05, 0) is 42.3 Å². The van der Waals surface area contributed by atoms with Crippen LogP contribution in [0, 0.1) is 6.92 Å². The standard InChI is InChI=1S/C14H15NO2/c1-11-9-13(7-8-15-11)12-3-5-14(6-4-12)17-10-16-2/h3-9H,10H2,1-2H3. The van der Waals surface area contributed by atoms with Crippen molar-refractivity contribution in [2.75, 3.05) is 13.9 Å². The van der Waals surface area contributed by atoms with Crippen LogP contribution in [0.1, 0.15) is 5.69 Å². The summed E-state index contributed by atoms with van der Waals surface area (Å²) >= 11 is 0. The Morgan fingerprint density at radius 2 is 1.82 bits per heavy atom. The maximum absolute atomic E-state index is 5.34. The monoisotopic (exact) mass is 229 g/mol. The molecule has 0 N–H and O–H groups in total. The largest absolute Gasteiger partial charge is 0.468 e. The molecule has 0 unspecified atom stereocenters. The Balaban J connectivity index is 2.17. The first-order chi connectivity index (χ1) is 8.29. The maximum atomic E-state index is 5.34. The second kappa shape index (κ2) is 5.46. The predicted molar refractivity (Wildman–Crippen MR) is 66.9 cm³/mol. The third kappa shape index (κ3) is 3.04. The Kier molecular flexibility index (Phi) is 3.73. The molecule has 0 atom stereocenters. The van der Waals surface area contributed by atoms with Crippen LogP contribution in [0.25, 0.3) is 11.1 Å². The number of methoxy groups -OCH3 is 1. The lowest BCUT2D eigenvalue weighted by molar-refractivity contribution is 0.0511. The van der Waals surface area contributed by atoms with Crippen molar-refractivity contribution in [3.8, 4) is 16.9 Å². The zero-order valence-corrected chi connectivity index (χ0v) is 10.0. The third-order valence-electron chi connectivity index (χ3n) is 2.43. The topological polar surface area (TPSA) is 31.4 Å². The molecule has 17 heavy (non-hydrogen) atoms. The molecule has 0 aliphatic rings. The van der Waals surface area contributed by atoms with Gasteiger partial charge in [0, 0.05) is 19.0 Å². The normalized spacial score (nSPS) is 10.2. The minimum Gasteiger partial charge on any atom is -0.468 e. The number of aryl methyl sites for hydroxylation is 1. The van der Waals surface area contributed by atoms with Crippen molar-refractivity contribution < 1.29 is 9.47 Å². The van der Waals surface area contributed by atoms with Gasteiger partial charge in [-0.15, -0.1) is 0 Å². The summed E-state index contributed by atoms with van der Waals surface area (Å²) in [5, 5.41) is 0. The van der Waals surface area contributed by atoms with Gasteiger partial charge in [-0.3, -0.25) is 4.98 Å². The molecule has 1 aromatic heterocycles. The highest BCUT2D eigenvalue weighted by atomic mass is 16.7. The van der Waals surface area contributed by atoms with E-state index in [0.29, 0.717) is 0 Å². The van der Waals surface area contributed by atoms with Crippen molar-refractivity contribution in [1.82, 2.24) is 4.98 Å². The van der Waals surface area contributed by atoms with E-state index in [2.05, 4.69) is 11.1 Å². The van der Waals surface area contributed by atoms with E-state index in [1.165, 1.54) is 0 Å². The molecule has 0 aliphatic heterocycles. The summed E-state index contributed by atoms with van der Waals surface area (Å²) in [6, 6.07) is 12.0. The van der Waals surface area contributed by atoms with E-state index < -0.39 is 0 Å². The van der Waals surface area contributed by atoms with Gasteiger partial charge in [0.1, 0.15) is 5.75 Å². The van der Waals surface area contributed by atoms with E-state index in [4.69, 9.17) is 9.47 Å². The van der Waals surface area contributed by atoms with Crippen molar-refractivity contribution in [1.29, 1.82) is 0 Å². The molecule has 0 radical (unpaired) electrons. The number of pyridine rings is 1. The Morgan fingerprint density at radius 1 is 1.06 bits per heavy atom. The van der Waals surface area contributed by atoms with Gasteiger partial charge in [-0.2, -0.15) is 0 Å². The van der Waals surface area contributed by atoms with E-state index in [-0.39, 0.29) is 6.79 Å². The molecular formula is C14H15NO2. The molecule has 0 saturated heterocycles. The highest BCUT2D eigenvalue weighted by molar-refractivity contribution is 5.64. The summed E-state index contributed by atoms with van der Waals surface area (Å²) in [6.07, 6.45) is 1.82. The van der Waals surface area contributed by atoms with Gasteiger partial charge in [0.25, 0.3) is 0 Å². The molecular weight excluding hydrogens is 214 g/mol. The molecule has 3 heteroatoms. The molecule has 0 bridgehead atoms. The molecule has 0 fully saturated rings. The van der Waals surface area contributed by atoms with Crippen LogP contribution in [0.15, 0.2) is 42.6 Å². The smallest absolute Gasteiger partial charge is 0.188 e. The molecule has 2 aromatic rings. The van der Waals surface area contributed by atoms with Crippen LogP contribution in [0.2, 0.25) is 0 Å². The molecule has 2 rings (SSSR count). The van der Waals surface area contributed by atoms with E-state index >= 15 is 0 Å². The first-order valence-electron chi connectivity index (χ1n) is 5.44. The summed E-state index contributed by atoms with van der Waals surface area (Å²) in [5.74, 6) is 0.807. The van der Waals surface area contributed by atoms with Crippen molar-refractivity contribution in [3.05, 3.63) is 48.3 Å². The van der Waals surface area contributed by atoms with Crippen molar-refractivity contribution >= 4 is 0 Å². The number of hydrogen-bond donors (Lipinski definition) is 0. The second-order valence-electron chi connectivity index (χ2n) is 3.76. The lowest BCUT2D eigenvalue weighted by atomic mass is 10.1. The van der Waals surface area contributed by atoms with E-state index in [9.17, 15) is 0 Å². The minimum atomic E-state index is 0.272. The zero-order chi connectivity index (χ0) is 12.1. The Morgan fingerprint density at radius 3 is 2.47 bits per heavy atom. The van der Waals surface area contributed by atoms with Gasteiger partial charge in [0.15, 0.2) is 6.79 Å². The van der Waals surface area contributed by atoms with Gasteiger partial charge in [-0.25, -0.2) is 0 Å². The van der Waals surface area contributed by atoms with Gasteiger partial charge >= 0.3 is 0 Å². The summed E-state index contributed by atoms with van der Waals surface area (Å²) in [7, 11) is 1.61. The van der Waals surface area contributed by atoms with Gasteiger partial charge in [0.2, 0.25) is 0 Å². The van der Waals surface area contributed by atoms with Gasteiger partial charge < -0.3 is 9.47 Å². The van der Waals surface area contributed by atoms with Crippen LogP contribution in [-0.2, 0) is 4.74 Å². The average molecular weight is 229 g/mol. The minimum absolute atomic E-state index is 0.272. The lowest BCUT2D eigenvalue weighted by Gasteiger charge is -2.06. The molecule has 1 aromatic carbocycles. The van der Waals surface area contributed by atoms with Crippen molar-refractivity contribution in [3.63, 3.8) is 0 Å². The first-order valence-corrected chi connectivity index (χ1v) is 5.44. The first kappa shape index (κ1) is 11.6. The highest BCUT2D eigenvalue weighted by Crippen LogP contribution is 2.22. The molecule has 0 spiro atoms. The quantitative estimate of drug-likeness (QED) is 0.755. The van der Waals surface area contributed by atoms with Crippen LogP contribution in [0.5, 0.6) is 5.75 Å². The lowest BCUT2D eigenvalue weighted by Crippen LogP contribution is -1.98. The van der Waals surface area contributed by atoms with Gasteiger partial charge in [-0.1, -0.05) is 12.1 Å². The summed E-state index contributed by atoms with van der Waals surface area (Å²) in [4.78, 5) is 4.18. The third-order valence-corrected chi connectivity index (χ3v) is 2.43. The fourth-order valence-corrected chi connectivity index (χ4v) is 1.60. The number of rotatable bonds is 4. The summed E-state index contributed by atoms with van der Waals surface area (Å²) < 4.78 is 10.2. The molecule has 1 heterocycles. The van der Waals surface area contributed by atoms with Crippen LogP contribution >= 0.6 is 0 Å². The average Bonchev–Trinajstić information content (AvgIpc) is 2.37. The molecule has 0 saturated carbocycles. The number of hydrogen-bond acceptors (Lipinski definition) is 3. The Labute approximate surface area is 101 Å². The number of nitrogens with zero attached hydrogens (tertiary/aromatic N) is 1. The van der Waals surface area contributed by atoms with Crippen LogP contribution in [-0.4, -0.2) is 18.9 Å². The molecule has 88 valence electrons. The van der Waals surface area contributed by atoms with E-state index in [0.717, 1.165) is 22.6 Å². The van der Waals surface area contributed by atoms with Crippen molar-refractivity contribution in [2.24, 2.45) is 0 Å². The summed E-state index contributed by atoms with van der Waals surface area (Å²) in [6.45, 7) is 2.26. The van der Waals surface area contributed by atoms with Crippen LogP contribution in [0.3, 0.4) is 0 Å². The summed E-state index contributed by atoms with van der Waals surface area (Å²) in [5.41, 5.74) is 3.33. The molecule has 0 aliphatic carbocycles. The van der Waals surface area contributed by atoms with Crippen LogP contribution < -0.4 is 4.74 Å². The SMILES string of the molecule is COCOc1ccc(-c2ccnc(C)c2)cc1. The number of ether oxygens (including phenoxy) is 2. The molecule has 0 amide bonds. The Bertz CT molecular complexity index is 480. The number of aromatic nitrogens is 1. The Hall–Kier alpha value is -1.87. The second-order valence-corrected chi connectivity index (χ2v) is 3.76. The maximum Gasteiger partial charge on any atom is 0.188 e. The fraction of sp³-hybridized carbons (Fsp3) is 0.214. The van der Waals surface area contributed by atoms with Crippen molar-refractivity contribution in [2.45, 2.75) is 6.92 Å². The van der Waals surface area contributed by atoms with Crippen LogP contribution in [0.4, 0.5) is 0 Å².